The fourth-order valence-corrected chi connectivity index (χ4v) is 1.64. The molecule has 6 nitrogen and oxygen atoms in total. The molecule has 0 saturated carbocycles. The minimum absolute atomic E-state index is 0.343. The molecule has 0 bridgehead atoms. The van der Waals surface area contributed by atoms with Crippen molar-refractivity contribution in [1.82, 2.24) is 10.3 Å². The highest BCUT2D eigenvalue weighted by atomic mass is 32.1. The van der Waals surface area contributed by atoms with Gasteiger partial charge in [0.05, 0.1) is 0 Å². The van der Waals surface area contributed by atoms with Crippen molar-refractivity contribution in [2.45, 2.75) is 13.0 Å². The molecular formula is C8H8N3O3S. The van der Waals surface area contributed by atoms with Crippen LogP contribution in [-0.4, -0.2) is 23.6 Å². The van der Waals surface area contributed by atoms with Gasteiger partial charge in [-0.25, -0.2) is 4.98 Å². The molecule has 1 aromatic rings. The molecule has 79 valence electrons. The Bertz CT molecular complexity index is 377. The van der Waals surface area contributed by atoms with E-state index in [4.69, 9.17) is 0 Å². The minimum Gasteiger partial charge on any atom is -0.340 e. The van der Waals surface area contributed by atoms with Crippen molar-refractivity contribution in [1.29, 1.82) is 0 Å². The zero-order valence-corrected chi connectivity index (χ0v) is 8.63. The average molecular weight is 226 g/mol. The quantitative estimate of drug-likeness (QED) is 0.691. The molecule has 1 heterocycles. The number of hydrogen-bond donors (Lipinski definition) is 2. The number of carbonyl (C=O) groups is 2. The van der Waals surface area contributed by atoms with Crippen LogP contribution in [0.2, 0.25) is 0 Å². The number of nitrogens with zero attached hydrogens (tertiary/aromatic N) is 1. The third-order valence-electron chi connectivity index (χ3n) is 1.44. The highest BCUT2D eigenvalue weighted by Gasteiger charge is 2.16. The molecule has 1 rings (SSSR count). The van der Waals surface area contributed by atoms with Crippen molar-refractivity contribution < 1.29 is 14.4 Å². The van der Waals surface area contributed by atoms with Crippen LogP contribution in [0, 0.1) is 0 Å². The standard InChI is InChI=1S/C8H8N3O3S/c1-5(14)10-6(2-12)8-11-7(3-15-8)9-4-13/h3-4,6H,1H3,(H,9,13)(H,10,14). The molecule has 0 aromatic carbocycles. The third kappa shape index (κ3) is 3.13. The third-order valence-corrected chi connectivity index (χ3v) is 2.35. The number of carbonyl (C=O) groups excluding carboxylic acids is 3. The smallest absolute Gasteiger partial charge is 0.230 e. The van der Waals surface area contributed by atoms with Crippen LogP contribution < -0.4 is 10.6 Å². The van der Waals surface area contributed by atoms with E-state index in [1.807, 2.05) is 0 Å². The Labute approximate surface area is 89.7 Å². The number of aromatic nitrogens is 1. The predicted octanol–water partition coefficient (Wildman–Crippen LogP) is -0.00170. The summed E-state index contributed by atoms with van der Waals surface area (Å²) in [6.45, 7) is 1.29. The van der Waals surface area contributed by atoms with Crippen molar-refractivity contribution in [2.75, 3.05) is 5.32 Å². The molecule has 1 atom stereocenters. The lowest BCUT2D eigenvalue weighted by atomic mass is 10.3. The van der Waals surface area contributed by atoms with Gasteiger partial charge >= 0.3 is 0 Å². The lowest BCUT2D eigenvalue weighted by Gasteiger charge is -2.05. The van der Waals surface area contributed by atoms with Crippen LogP contribution in [0.4, 0.5) is 5.82 Å². The van der Waals surface area contributed by atoms with Crippen LogP contribution in [0.25, 0.3) is 0 Å². The van der Waals surface area contributed by atoms with Crippen molar-refractivity contribution in [3.8, 4) is 0 Å². The number of hydrogen-bond acceptors (Lipinski definition) is 5. The molecule has 15 heavy (non-hydrogen) atoms. The first-order chi connectivity index (χ1) is 7.17. The first kappa shape index (κ1) is 11.3. The second kappa shape index (κ2) is 5.20. The van der Waals surface area contributed by atoms with Crippen LogP contribution in [0.5, 0.6) is 0 Å². The van der Waals surface area contributed by atoms with Gasteiger partial charge in [0.2, 0.25) is 18.6 Å². The summed E-state index contributed by atoms with van der Waals surface area (Å²) in [5.41, 5.74) is 0. The van der Waals surface area contributed by atoms with Gasteiger partial charge in [0.25, 0.3) is 0 Å². The van der Waals surface area contributed by atoms with E-state index < -0.39 is 6.04 Å². The molecule has 0 aliphatic carbocycles. The number of rotatable bonds is 5. The van der Waals surface area contributed by atoms with E-state index in [1.165, 1.54) is 6.92 Å². The van der Waals surface area contributed by atoms with Crippen molar-refractivity contribution in [2.24, 2.45) is 0 Å². The first-order valence-corrected chi connectivity index (χ1v) is 4.85. The van der Waals surface area contributed by atoms with Crippen LogP contribution in [0.3, 0.4) is 0 Å². The minimum atomic E-state index is -0.880. The maximum Gasteiger partial charge on any atom is 0.230 e. The summed E-state index contributed by atoms with van der Waals surface area (Å²) < 4.78 is 0. The number of anilines is 1. The summed E-state index contributed by atoms with van der Waals surface area (Å²) in [7, 11) is 0. The Morgan fingerprint density at radius 2 is 2.47 bits per heavy atom. The molecule has 1 radical (unpaired) electrons. The lowest BCUT2D eigenvalue weighted by molar-refractivity contribution is -0.119. The fraction of sp³-hybridized carbons (Fsp3) is 0.250. The molecule has 0 aliphatic rings. The van der Waals surface area contributed by atoms with Gasteiger partial charge in [-0.15, -0.1) is 11.3 Å². The summed E-state index contributed by atoms with van der Waals surface area (Å²) >= 11 is 1.15. The highest BCUT2D eigenvalue weighted by Crippen LogP contribution is 2.19. The van der Waals surface area contributed by atoms with Gasteiger partial charge in [-0.2, -0.15) is 0 Å². The largest absolute Gasteiger partial charge is 0.340 e. The normalized spacial score (nSPS) is 11.5. The van der Waals surface area contributed by atoms with E-state index in [0.29, 0.717) is 17.2 Å². The second-order valence-corrected chi connectivity index (χ2v) is 3.47. The SMILES string of the molecule is CC(=O)NC([C]=O)c1nc(NC=O)cs1. The van der Waals surface area contributed by atoms with Crippen molar-refractivity contribution >= 4 is 35.8 Å². The summed E-state index contributed by atoms with van der Waals surface area (Å²) in [6, 6.07) is -0.880. The molecule has 2 amide bonds. The van der Waals surface area contributed by atoms with E-state index in [2.05, 4.69) is 15.6 Å². The molecule has 7 heteroatoms. The summed E-state index contributed by atoms with van der Waals surface area (Å²) in [4.78, 5) is 35.3. The molecule has 2 N–H and O–H groups in total. The van der Waals surface area contributed by atoms with E-state index in [1.54, 1.807) is 11.7 Å². The molecule has 1 unspecified atom stereocenters. The Morgan fingerprint density at radius 1 is 1.73 bits per heavy atom. The average Bonchev–Trinajstić information content (AvgIpc) is 2.63. The predicted molar refractivity (Wildman–Crippen MR) is 54.1 cm³/mol. The van der Waals surface area contributed by atoms with E-state index >= 15 is 0 Å². The first-order valence-electron chi connectivity index (χ1n) is 3.97. The highest BCUT2D eigenvalue weighted by molar-refractivity contribution is 7.10. The second-order valence-electron chi connectivity index (χ2n) is 2.58. The molecular weight excluding hydrogens is 218 g/mol. The molecule has 0 aliphatic heterocycles. The van der Waals surface area contributed by atoms with Crippen LogP contribution in [-0.2, 0) is 14.4 Å². The summed E-state index contributed by atoms with van der Waals surface area (Å²) in [5.74, 6) is -0.000881. The van der Waals surface area contributed by atoms with Gasteiger partial charge in [0.1, 0.15) is 16.9 Å². The zero-order valence-electron chi connectivity index (χ0n) is 7.81. The van der Waals surface area contributed by atoms with E-state index in [0.717, 1.165) is 11.3 Å². The lowest BCUT2D eigenvalue weighted by Crippen LogP contribution is -2.26. The molecule has 0 spiro atoms. The van der Waals surface area contributed by atoms with Gasteiger partial charge < -0.3 is 10.6 Å². The number of nitrogens with one attached hydrogen (secondary N) is 2. The molecule has 1 aromatic heterocycles. The van der Waals surface area contributed by atoms with Crippen LogP contribution >= 0.6 is 11.3 Å². The Balaban J connectivity index is 2.77. The summed E-state index contributed by atoms with van der Waals surface area (Å²) in [5, 5.41) is 6.65. The van der Waals surface area contributed by atoms with E-state index in [-0.39, 0.29) is 5.91 Å². The Morgan fingerprint density at radius 3 is 3.00 bits per heavy atom. The van der Waals surface area contributed by atoms with Gasteiger partial charge in [0, 0.05) is 12.3 Å². The Kier molecular flexibility index (Phi) is 3.92. The summed E-state index contributed by atoms with van der Waals surface area (Å²) in [6.07, 6.45) is 2.14. The topological polar surface area (TPSA) is 88.2 Å². The number of thiazole rings is 1. The van der Waals surface area contributed by atoms with Gasteiger partial charge in [-0.1, -0.05) is 0 Å². The van der Waals surface area contributed by atoms with E-state index in [9.17, 15) is 14.4 Å². The zero-order chi connectivity index (χ0) is 11.3. The van der Waals surface area contributed by atoms with Crippen LogP contribution in [0.15, 0.2) is 5.38 Å². The molecule has 0 saturated heterocycles. The van der Waals surface area contributed by atoms with Crippen molar-refractivity contribution in [3.63, 3.8) is 0 Å². The van der Waals surface area contributed by atoms with Gasteiger partial charge in [-0.05, 0) is 0 Å². The Hall–Kier alpha value is -1.76. The van der Waals surface area contributed by atoms with Crippen LogP contribution in [0.1, 0.15) is 18.0 Å². The number of amides is 2. The maximum atomic E-state index is 10.7. The van der Waals surface area contributed by atoms with Gasteiger partial charge in [-0.3, -0.25) is 14.4 Å². The van der Waals surface area contributed by atoms with Crippen molar-refractivity contribution in [3.05, 3.63) is 10.4 Å². The van der Waals surface area contributed by atoms with Gasteiger partial charge in [0.15, 0.2) is 0 Å². The molecule has 0 fully saturated rings. The maximum absolute atomic E-state index is 10.7. The fourth-order valence-electron chi connectivity index (χ4n) is 0.892. The monoisotopic (exact) mass is 226 g/mol.